The van der Waals surface area contributed by atoms with E-state index in [9.17, 15) is 0 Å². The summed E-state index contributed by atoms with van der Waals surface area (Å²) in [7, 11) is 0. The van der Waals surface area contributed by atoms with Gasteiger partial charge >= 0.3 is 0 Å². The number of aliphatic hydroxyl groups excluding tert-OH is 1. The molecule has 2 rings (SSSR count). The van der Waals surface area contributed by atoms with Crippen LogP contribution in [0.3, 0.4) is 0 Å². The first kappa shape index (κ1) is 14.3. The van der Waals surface area contributed by atoms with Crippen LogP contribution in [-0.4, -0.2) is 73.5 Å². The minimum atomic E-state index is 0.136. The quantitative estimate of drug-likeness (QED) is 0.718. The molecule has 2 heterocycles. The molecule has 4 heteroatoms. The number of piperidine rings is 2. The third-order valence-corrected chi connectivity index (χ3v) is 4.25. The second-order valence-electron chi connectivity index (χ2n) is 5.51. The normalized spacial score (nSPS) is 24.5. The molecular weight excluding hydrogens is 228 g/mol. The van der Waals surface area contributed by atoms with Gasteiger partial charge in [-0.15, -0.1) is 0 Å². The molecule has 0 bridgehead atoms. The van der Waals surface area contributed by atoms with Crippen molar-refractivity contribution in [3.05, 3.63) is 0 Å². The Labute approximate surface area is 111 Å². The molecule has 0 spiro atoms. The summed E-state index contributed by atoms with van der Waals surface area (Å²) in [5.41, 5.74) is 0. The summed E-state index contributed by atoms with van der Waals surface area (Å²) in [4.78, 5) is 5.21. The summed E-state index contributed by atoms with van der Waals surface area (Å²) in [5.74, 6) is 0. The predicted molar refractivity (Wildman–Crippen MR) is 72.8 cm³/mol. The molecule has 0 atom stereocenters. The van der Waals surface area contributed by atoms with Crippen molar-refractivity contribution in [2.75, 3.05) is 52.5 Å². The van der Waals surface area contributed by atoms with E-state index in [0.717, 1.165) is 19.2 Å². The van der Waals surface area contributed by atoms with Crippen LogP contribution in [0.5, 0.6) is 0 Å². The van der Waals surface area contributed by atoms with Crippen LogP contribution in [0.15, 0.2) is 0 Å². The molecule has 0 aromatic carbocycles. The average Bonchev–Trinajstić information content (AvgIpc) is 2.45. The molecule has 2 aliphatic rings. The largest absolute Gasteiger partial charge is 0.394 e. The van der Waals surface area contributed by atoms with Gasteiger partial charge in [0, 0.05) is 12.6 Å². The van der Waals surface area contributed by atoms with E-state index in [0.29, 0.717) is 6.61 Å². The zero-order valence-electron chi connectivity index (χ0n) is 11.5. The predicted octanol–water partition coefficient (Wildman–Crippen LogP) is 0.946. The van der Waals surface area contributed by atoms with E-state index >= 15 is 0 Å². The first-order valence-corrected chi connectivity index (χ1v) is 7.55. The second kappa shape index (κ2) is 8.10. The third kappa shape index (κ3) is 4.50. The smallest absolute Gasteiger partial charge is 0.0698 e. The van der Waals surface area contributed by atoms with E-state index in [-0.39, 0.29) is 6.61 Å². The molecule has 0 aromatic heterocycles. The Kier molecular flexibility index (Phi) is 6.41. The van der Waals surface area contributed by atoms with Crippen LogP contribution in [-0.2, 0) is 4.74 Å². The number of nitrogens with zero attached hydrogens (tertiary/aromatic N) is 2. The number of rotatable bonds is 6. The van der Waals surface area contributed by atoms with Gasteiger partial charge in [-0.2, -0.15) is 0 Å². The first-order valence-electron chi connectivity index (χ1n) is 7.55. The van der Waals surface area contributed by atoms with E-state index in [2.05, 4.69) is 9.80 Å². The van der Waals surface area contributed by atoms with E-state index in [1.807, 2.05) is 0 Å². The lowest BCUT2D eigenvalue weighted by atomic mass is 10.00. The minimum absolute atomic E-state index is 0.136. The molecule has 2 saturated heterocycles. The minimum Gasteiger partial charge on any atom is -0.394 e. The van der Waals surface area contributed by atoms with Crippen molar-refractivity contribution < 1.29 is 9.84 Å². The number of likely N-dealkylation sites (tertiary alicyclic amines) is 2. The molecule has 0 radical (unpaired) electrons. The fourth-order valence-electron chi connectivity index (χ4n) is 3.15. The summed E-state index contributed by atoms with van der Waals surface area (Å²) < 4.78 is 5.33. The third-order valence-electron chi connectivity index (χ3n) is 4.25. The number of hydrogen-bond acceptors (Lipinski definition) is 4. The van der Waals surface area contributed by atoms with Crippen LogP contribution in [0.1, 0.15) is 32.1 Å². The van der Waals surface area contributed by atoms with Crippen molar-refractivity contribution in [3.8, 4) is 0 Å². The van der Waals surface area contributed by atoms with Crippen molar-refractivity contribution in [2.45, 2.75) is 38.1 Å². The van der Waals surface area contributed by atoms with E-state index < -0.39 is 0 Å². The maximum Gasteiger partial charge on any atom is 0.0698 e. The van der Waals surface area contributed by atoms with Gasteiger partial charge < -0.3 is 19.6 Å². The van der Waals surface area contributed by atoms with Crippen molar-refractivity contribution in [2.24, 2.45) is 0 Å². The van der Waals surface area contributed by atoms with Crippen LogP contribution in [0.4, 0.5) is 0 Å². The maximum absolute atomic E-state index is 8.64. The first-order chi connectivity index (χ1) is 8.90. The molecular formula is C14H28N2O2. The topological polar surface area (TPSA) is 35.9 Å². The van der Waals surface area contributed by atoms with E-state index in [1.165, 1.54) is 58.3 Å². The van der Waals surface area contributed by atoms with Crippen molar-refractivity contribution in [3.63, 3.8) is 0 Å². The fourth-order valence-corrected chi connectivity index (χ4v) is 3.15. The molecule has 0 amide bonds. The van der Waals surface area contributed by atoms with Gasteiger partial charge in [-0.05, 0) is 51.9 Å². The van der Waals surface area contributed by atoms with E-state index in [1.54, 1.807) is 0 Å². The highest BCUT2D eigenvalue weighted by Gasteiger charge is 2.25. The van der Waals surface area contributed by atoms with Crippen molar-refractivity contribution in [1.29, 1.82) is 0 Å². The van der Waals surface area contributed by atoms with Crippen LogP contribution >= 0.6 is 0 Å². The number of hydrogen-bond donors (Lipinski definition) is 1. The van der Waals surface area contributed by atoms with Crippen LogP contribution in [0.25, 0.3) is 0 Å². The lowest BCUT2D eigenvalue weighted by Gasteiger charge is -2.40. The molecule has 0 aliphatic carbocycles. The highest BCUT2D eigenvalue weighted by molar-refractivity contribution is 4.81. The molecule has 0 unspecified atom stereocenters. The Morgan fingerprint density at radius 2 is 1.67 bits per heavy atom. The van der Waals surface area contributed by atoms with Crippen LogP contribution < -0.4 is 0 Å². The van der Waals surface area contributed by atoms with Gasteiger partial charge in [0.15, 0.2) is 0 Å². The molecule has 1 N–H and O–H groups in total. The van der Waals surface area contributed by atoms with Gasteiger partial charge in [-0.3, -0.25) is 0 Å². The summed E-state index contributed by atoms with van der Waals surface area (Å²) in [6.45, 7) is 7.46. The Morgan fingerprint density at radius 3 is 2.33 bits per heavy atom. The molecule has 0 aromatic rings. The monoisotopic (exact) mass is 256 g/mol. The summed E-state index contributed by atoms with van der Waals surface area (Å²) in [6, 6.07) is 0.833. The Bertz CT molecular complexity index is 212. The van der Waals surface area contributed by atoms with Gasteiger partial charge in [0.25, 0.3) is 0 Å². The molecule has 106 valence electrons. The van der Waals surface area contributed by atoms with Crippen molar-refractivity contribution in [1.82, 2.24) is 9.80 Å². The summed E-state index contributed by atoms with van der Waals surface area (Å²) >= 11 is 0. The average molecular weight is 256 g/mol. The molecule has 0 saturated carbocycles. The Balaban J connectivity index is 1.58. The molecule has 4 nitrogen and oxygen atoms in total. The molecule has 18 heavy (non-hydrogen) atoms. The summed E-state index contributed by atoms with van der Waals surface area (Å²) in [5, 5.41) is 8.64. The van der Waals surface area contributed by atoms with Crippen LogP contribution in [0.2, 0.25) is 0 Å². The Morgan fingerprint density at radius 1 is 0.944 bits per heavy atom. The lowest BCUT2D eigenvalue weighted by Crippen LogP contribution is -2.47. The molecule has 2 aliphatic heterocycles. The molecule has 2 fully saturated rings. The maximum atomic E-state index is 8.64. The van der Waals surface area contributed by atoms with Crippen molar-refractivity contribution >= 4 is 0 Å². The van der Waals surface area contributed by atoms with E-state index in [4.69, 9.17) is 9.84 Å². The van der Waals surface area contributed by atoms with Crippen LogP contribution in [0, 0.1) is 0 Å². The lowest BCUT2D eigenvalue weighted by molar-refractivity contribution is 0.0518. The summed E-state index contributed by atoms with van der Waals surface area (Å²) in [6.07, 6.45) is 6.86. The zero-order chi connectivity index (χ0) is 12.6. The SMILES string of the molecule is OCCOCCN1CCC(N2CCCCC2)CC1. The number of aliphatic hydroxyl groups is 1. The zero-order valence-corrected chi connectivity index (χ0v) is 11.5. The van der Waals surface area contributed by atoms with Gasteiger partial charge in [-0.25, -0.2) is 0 Å². The van der Waals surface area contributed by atoms with Gasteiger partial charge in [-0.1, -0.05) is 6.42 Å². The fraction of sp³-hybridized carbons (Fsp3) is 1.00. The highest BCUT2D eigenvalue weighted by atomic mass is 16.5. The van der Waals surface area contributed by atoms with Gasteiger partial charge in [0.05, 0.1) is 19.8 Å². The highest BCUT2D eigenvalue weighted by Crippen LogP contribution is 2.20. The number of ether oxygens (including phenoxy) is 1. The van der Waals surface area contributed by atoms with Gasteiger partial charge in [0.2, 0.25) is 0 Å². The van der Waals surface area contributed by atoms with Gasteiger partial charge in [0.1, 0.15) is 0 Å². The Hall–Kier alpha value is -0.160. The second-order valence-corrected chi connectivity index (χ2v) is 5.51. The standard InChI is InChI=1S/C14H28N2O2/c17-11-13-18-12-10-15-8-4-14(5-9-15)16-6-2-1-3-7-16/h14,17H,1-13H2.